The van der Waals surface area contributed by atoms with E-state index < -0.39 is 0 Å². The Bertz CT molecular complexity index is 520. The number of phenolic OH excluding ortho intramolecular Hbond substituents is 1. The number of halogens is 2. The molecule has 0 radical (unpaired) electrons. The van der Waals surface area contributed by atoms with E-state index in [9.17, 15) is 5.11 Å². The van der Waals surface area contributed by atoms with Gasteiger partial charge in [-0.1, -0.05) is 36.2 Å². The van der Waals surface area contributed by atoms with Crippen LogP contribution in [0.15, 0.2) is 29.3 Å². The van der Waals surface area contributed by atoms with Crippen LogP contribution in [0.3, 0.4) is 0 Å². The van der Waals surface area contributed by atoms with Crippen molar-refractivity contribution in [3.05, 3.63) is 40.4 Å². The van der Waals surface area contributed by atoms with Crippen molar-refractivity contribution in [3.63, 3.8) is 0 Å². The van der Waals surface area contributed by atoms with Gasteiger partial charge in [0.25, 0.3) is 0 Å². The van der Waals surface area contributed by atoms with E-state index >= 15 is 0 Å². The van der Waals surface area contributed by atoms with E-state index in [1.165, 1.54) is 0 Å². The minimum atomic E-state index is 0.0933. The van der Waals surface area contributed by atoms with Crippen LogP contribution in [0, 0.1) is 0 Å². The Morgan fingerprint density at radius 1 is 1.35 bits per heavy atom. The van der Waals surface area contributed by atoms with Crippen molar-refractivity contribution in [2.45, 2.75) is 19.3 Å². The second kappa shape index (κ2) is 4.63. The first-order chi connectivity index (χ1) is 7.99. The second-order valence-electron chi connectivity index (χ2n) is 4.22. The van der Waals surface area contributed by atoms with Gasteiger partial charge in [-0.2, -0.15) is 0 Å². The van der Waals surface area contributed by atoms with Crippen molar-refractivity contribution in [1.29, 1.82) is 0 Å². The molecule has 1 atom stereocenters. The summed E-state index contributed by atoms with van der Waals surface area (Å²) in [6.07, 6.45) is 4.42. The number of anilines is 1. The lowest BCUT2D eigenvalue weighted by molar-refractivity contribution is 0.476. The molecule has 4 heteroatoms. The van der Waals surface area contributed by atoms with Crippen molar-refractivity contribution in [2.75, 3.05) is 5.73 Å². The Hall–Kier alpha value is -1.12. The molecule has 0 saturated carbocycles. The van der Waals surface area contributed by atoms with E-state index in [0.29, 0.717) is 15.8 Å². The predicted molar refractivity (Wildman–Crippen MR) is 73.3 cm³/mol. The summed E-state index contributed by atoms with van der Waals surface area (Å²) >= 11 is 12.2. The third-order valence-electron chi connectivity index (χ3n) is 2.92. The Morgan fingerprint density at radius 2 is 2.06 bits per heavy atom. The zero-order chi connectivity index (χ0) is 12.6. The predicted octanol–water partition coefficient (Wildman–Crippen LogP) is 4.18. The molecule has 2 rings (SSSR count). The first-order valence-corrected chi connectivity index (χ1v) is 6.10. The molecule has 1 aliphatic rings. The monoisotopic (exact) mass is 269 g/mol. The van der Waals surface area contributed by atoms with E-state index in [2.05, 4.69) is 6.92 Å². The zero-order valence-corrected chi connectivity index (χ0v) is 10.9. The first kappa shape index (κ1) is 12.3. The van der Waals surface area contributed by atoms with Crippen LogP contribution in [0.5, 0.6) is 5.75 Å². The molecule has 0 aliphatic heterocycles. The van der Waals surface area contributed by atoms with Gasteiger partial charge < -0.3 is 10.8 Å². The van der Waals surface area contributed by atoms with Crippen LogP contribution in [-0.4, -0.2) is 5.11 Å². The molecule has 1 aromatic carbocycles. The fraction of sp³-hybridized carbons (Fsp3) is 0.231. The molecule has 1 aliphatic carbocycles. The highest BCUT2D eigenvalue weighted by molar-refractivity contribution is 6.50. The van der Waals surface area contributed by atoms with E-state index in [0.717, 1.165) is 17.5 Å². The fourth-order valence-electron chi connectivity index (χ4n) is 1.91. The van der Waals surface area contributed by atoms with Crippen LogP contribution in [-0.2, 0) is 0 Å². The maximum atomic E-state index is 9.66. The topological polar surface area (TPSA) is 46.2 Å². The molecule has 0 aromatic heterocycles. The lowest BCUT2D eigenvalue weighted by Crippen LogP contribution is -2.01. The molecule has 1 unspecified atom stereocenters. The Morgan fingerprint density at radius 3 is 2.76 bits per heavy atom. The number of benzene rings is 1. The number of nitrogens with two attached hydrogens (primary N) is 1. The highest BCUT2D eigenvalue weighted by atomic mass is 35.5. The van der Waals surface area contributed by atoms with Gasteiger partial charge in [0.1, 0.15) is 5.75 Å². The Labute approximate surface area is 110 Å². The highest BCUT2D eigenvalue weighted by Crippen LogP contribution is 2.38. The van der Waals surface area contributed by atoms with Gasteiger partial charge >= 0.3 is 0 Å². The van der Waals surface area contributed by atoms with Gasteiger partial charge in [-0.3, -0.25) is 0 Å². The maximum absolute atomic E-state index is 9.66. The lowest BCUT2D eigenvalue weighted by atomic mass is 9.90. The van der Waals surface area contributed by atoms with Crippen molar-refractivity contribution in [3.8, 4) is 5.75 Å². The number of phenols is 1. The molecule has 3 N–H and O–H groups in total. The molecule has 2 nitrogen and oxygen atoms in total. The number of aromatic hydroxyl groups is 1. The van der Waals surface area contributed by atoms with Gasteiger partial charge in [0.2, 0.25) is 0 Å². The largest absolute Gasteiger partial charge is 0.506 e. The summed E-state index contributed by atoms with van der Waals surface area (Å²) in [6.45, 7) is 2.06. The number of fused-ring (bicyclic) bond motifs is 1. The molecular formula is C13H13Cl2NO. The molecule has 0 fully saturated rings. The van der Waals surface area contributed by atoms with Gasteiger partial charge in [-0.05, 0) is 41.7 Å². The van der Waals surface area contributed by atoms with Crippen LogP contribution in [0.1, 0.15) is 30.4 Å². The minimum Gasteiger partial charge on any atom is -0.506 e. The standard InChI is InChI=1S/C13H13Cl2NO/c1-7-2-3-8(14)4-11(15)10-5-12(16)13(17)6-9(7)10/h3-7,17H,2,16H2,1H3/b8-3-,11-4+. The molecule has 1 aromatic rings. The number of nitrogen functional groups attached to an aromatic ring is 1. The van der Waals surface area contributed by atoms with Crippen LogP contribution in [0.25, 0.3) is 5.03 Å². The molecule has 0 amide bonds. The highest BCUT2D eigenvalue weighted by Gasteiger charge is 2.17. The van der Waals surface area contributed by atoms with Crippen molar-refractivity contribution in [2.24, 2.45) is 0 Å². The van der Waals surface area contributed by atoms with Crippen LogP contribution >= 0.6 is 23.2 Å². The lowest BCUT2D eigenvalue weighted by Gasteiger charge is -2.18. The number of hydrogen-bond acceptors (Lipinski definition) is 2. The summed E-state index contributed by atoms with van der Waals surface area (Å²) in [5.74, 6) is 0.323. The minimum absolute atomic E-state index is 0.0933. The number of rotatable bonds is 0. The van der Waals surface area contributed by atoms with Crippen LogP contribution in [0.4, 0.5) is 5.69 Å². The van der Waals surface area contributed by atoms with E-state index in [4.69, 9.17) is 28.9 Å². The quantitative estimate of drug-likeness (QED) is 0.548. The molecule has 0 saturated heterocycles. The van der Waals surface area contributed by atoms with E-state index in [1.807, 2.05) is 6.08 Å². The maximum Gasteiger partial charge on any atom is 0.138 e. The normalized spacial score (nSPS) is 25.9. The van der Waals surface area contributed by atoms with E-state index in [1.54, 1.807) is 18.2 Å². The second-order valence-corrected chi connectivity index (χ2v) is 5.06. The van der Waals surface area contributed by atoms with Crippen molar-refractivity contribution >= 4 is 33.9 Å². The Kier molecular flexibility index (Phi) is 3.36. The smallest absolute Gasteiger partial charge is 0.138 e. The molecule has 17 heavy (non-hydrogen) atoms. The van der Waals surface area contributed by atoms with Gasteiger partial charge in [0, 0.05) is 10.1 Å². The summed E-state index contributed by atoms with van der Waals surface area (Å²) in [5.41, 5.74) is 7.83. The molecule has 0 spiro atoms. The molecule has 0 heterocycles. The average Bonchev–Trinajstić information content (AvgIpc) is 2.27. The summed E-state index contributed by atoms with van der Waals surface area (Å²) in [6, 6.07) is 3.37. The summed E-state index contributed by atoms with van der Waals surface area (Å²) in [5, 5.41) is 10.8. The third kappa shape index (κ3) is 2.43. The number of allylic oxidation sites excluding steroid dienone is 3. The fourth-order valence-corrected chi connectivity index (χ4v) is 2.45. The van der Waals surface area contributed by atoms with Gasteiger partial charge in [0.05, 0.1) is 5.69 Å². The molecule has 90 valence electrons. The molecule has 0 bridgehead atoms. The summed E-state index contributed by atoms with van der Waals surface area (Å²) in [7, 11) is 0. The average molecular weight is 270 g/mol. The summed E-state index contributed by atoms with van der Waals surface area (Å²) < 4.78 is 0. The summed E-state index contributed by atoms with van der Waals surface area (Å²) in [4.78, 5) is 0. The van der Waals surface area contributed by atoms with Crippen LogP contribution in [0.2, 0.25) is 0 Å². The first-order valence-electron chi connectivity index (χ1n) is 5.34. The van der Waals surface area contributed by atoms with Gasteiger partial charge in [0.15, 0.2) is 0 Å². The van der Waals surface area contributed by atoms with Crippen molar-refractivity contribution < 1.29 is 5.11 Å². The molecular weight excluding hydrogens is 257 g/mol. The van der Waals surface area contributed by atoms with E-state index in [-0.39, 0.29) is 11.7 Å². The van der Waals surface area contributed by atoms with Crippen LogP contribution < -0.4 is 5.73 Å². The Balaban J connectivity index is 2.66. The SMILES string of the molecule is CC1C/C=C(Cl)/C=C(/Cl)c2cc(N)c(O)cc21. The zero-order valence-electron chi connectivity index (χ0n) is 9.37. The number of hydrogen-bond donors (Lipinski definition) is 2. The van der Waals surface area contributed by atoms with Crippen molar-refractivity contribution in [1.82, 2.24) is 0 Å². The van der Waals surface area contributed by atoms with Gasteiger partial charge in [-0.15, -0.1) is 0 Å². The van der Waals surface area contributed by atoms with Gasteiger partial charge in [-0.25, -0.2) is 0 Å². The third-order valence-corrected chi connectivity index (χ3v) is 3.49.